The number of pyridine rings is 1. The molecule has 1 unspecified atom stereocenters. The van der Waals surface area contributed by atoms with E-state index < -0.39 is 6.10 Å². The molecular formula is C13H18N4O2. The first-order valence-electron chi connectivity index (χ1n) is 6.17. The molecule has 0 saturated carbocycles. The Morgan fingerprint density at radius 3 is 2.84 bits per heavy atom. The van der Waals surface area contributed by atoms with E-state index in [9.17, 15) is 9.90 Å². The number of carbonyl (C=O) groups excluding carboxylic acids is 1. The number of aliphatic hydroxyl groups is 1. The van der Waals surface area contributed by atoms with Crippen LogP contribution >= 0.6 is 0 Å². The highest BCUT2D eigenvalue weighted by molar-refractivity contribution is 6.06. The number of carbonyl (C=O) groups is 1. The van der Waals surface area contributed by atoms with Gasteiger partial charge in [-0.1, -0.05) is 0 Å². The maximum atomic E-state index is 12.2. The van der Waals surface area contributed by atoms with Gasteiger partial charge < -0.3 is 10.4 Å². The Morgan fingerprint density at radius 1 is 1.53 bits per heavy atom. The van der Waals surface area contributed by atoms with E-state index in [1.54, 1.807) is 24.7 Å². The van der Waals surface area contributed by atoms with Gasteiger partial charge >= 0.3 is 0 Å². The van der Waals surface area contributed by atoms with E-state index in [4.69, 9.17) is 0 Å². The molecule has 6 nitrogen and oxygen atoms in total. The standard InChI is InChI=1S/C13H18N4O2/c1-7-5-10(13(19)14-6-8(2)18)11-9(3)16-17(4)12(11)15-7/h5,8,18H,6H2,1-4H3,(H,14,19). The highest BCUT2D eigenvalue weighted by atomic mass is 16.3. The van der Waals surface area contributed by atoms with Crippen molar-refractivity contribution in [3.8, 4) is 0 Å². The molecule has 0 aromatic carbocycles. The summed E-state index contributed by atoms with van der Waals surface area (Å²) in [4.78, 5) is 16.6. The van der Waals surface area contributed by atoms with E-state index in [0.717, 1.165) is 16.8 Å². The van der Waals surface area contributed by atoms with Crippen molar-refractivity contribution in [2.45, 2.75) is 26.9 Å². The fourth-order valence-electron chi connectivity index (χ4n) is 2.08. The van der Waals surface area contributed by atoms with Gasteiger partial charge in [-0.25, -0.2) is 4.98 Å². The average Bonchev–Trinajstić information content (AvgIpc) is 2.61. The van der Waals surface area contributed by atoms with Crippen molar-refractivity contribution in [1.29, 1.82) is 0 Å². The number of nitrogens with zero attached hydrogens (tertiary/aromatic N) is 3. The van der Waals surface area contributed by atoms with Gasteiger partial charge in [0.1, 0.15) is 0 Å². The maximum absolute atomic E-state index is 12.2. The third-order valence-electron chi connectivity index (χ3n) is 2.90. The summed E-state index contributed by atoms with van der Waals surface area (Å²) in [5.41, 5.74) is 2.78. The summed E-state index contributed by atoms with van der Waals surface area (Å²) in [6.07, 6.45) is -0.572. The third kappa shape index (κ3) is 2.58. The van der Waals surface area contributed by atoms with E-state index in [0.29, 0.717) is 11.2 Å². The highest BCUT2D eigenvalue weighted by Crippen LogP contribution is 2.21. The predicted molar refractivity (Wildman–Crippen MR) is 72.0 cm³/mol. The summed E-state index contributed by atoms with van der Waals surface area (Å²) < 4.78 is 1.67. The van der Waals surface area contributed by atoms with Crippen LogP contribution in [0.5, 0.6) is 0 Å². The Kier molecular flexibility index (Phi) is 3.53. The van der Waals surface area contributed by atoms with Crippen LogP contribution in [-0.2, 0) is 7.05 Å². The molecule has 2 N–H and O–H groups in total. The van der Waals surface area contributed by atoms with E-state index >= 15 is 0 Å². The summed E-state index contributed by atoms with van der Waals surface area (Å²) in [5, 5.41) is 17.0. The lowest BCUT2D eigenvalue weighted by atomic mass is 10.1. The van der Waals surface area contributed by atoms with Crippen LogP contribution in [0.1, 0.15) is 28.7 Å². The first-order valence-corrected chi connectivity index (χ1v) is 6.17. The fraction of sp³-hybridized carbons (Fsp3) is 0.462. The van der Waals surface area contributed by atoms with Crippen molar-refractivity contribution in [3.05, 3.63) is 23.0 Å². The molecule has 0 bridgehead atoms. The molecule has 1 amide bonds. The Balaban J connectivity index is 2.50. The van der Waals surface area contributed by atoms with E-state index in [1.165, 1.54) is 0 Å². The number of aromatic nitrogens is 3. The number of fused-ring (bicyclic) bond motifs is 1. The SMILES string of the molecule is Cc1cc(C(=O)NCC(C)O)c2c(C)nn(C)c2n1. The number of hydrogen-bond acceptors (Lipinski definition) is 4. The molecule has 102 valence electrons. The third-order valence-corrected chi connectivity index (χ3v) is 2.90. The van der Waals surface area contributed by atoms with Gasteiger partial charge in [-0.15, -0.1) is 0 Å². The van der Waals surface area contributed by atoms with Crippen molar-refractivity contribution >= 4 is 16.9 Å². The summed E-state index contributed by atoms with van der Waals surface area (Å²) in [5.74, 6) is -0.215. The molecular weight excluding hydrogens is 244 g/mol. The lowest BCUT2D eigenvalue weighted by Crippen LogP contribution is -2.30. The van der Waals surface area contributed by atoms with Crippen LogP contribution in [0.2, 0.25) is 0 Å². The van der Waals surface area contributed by atoms with Crippen LogP contribution in [0.3, 0.4) is 0 Å². The summed E-state index contributed by atoms with van der Waals surface area (Å²) in [7, 11) is 1.80. The lowest BCUT2D eigenvalue weighted by molar-refractivity contribution is 0.0925. The zero-order valence-corrected chi connectivity index (χ0v) is 11.6. The van der Waals surface area contributed by atoms with Crippen LogP contribution in [0.15, 0.2) is 6.07 Å². The molecule has 0 fully saturated rings. The van der Waals surface area contributed by atoms with Crippen molar-refractivity contribution in [3.63, 3.8) is 0 Å². The molecule has 0 aliphatic rings. The number of amides is 1. The highest BCUT2D eigenvalue weighted by Gasteiger charge is 2.17. The number of hydrogen-bond donors (Lipinski definition) is 2. The largest absolute Gasteiger partial charge is 0.392 e. The average molecular weight is 262 g/mol. The summed E-state index contributed by atoms with van der Waals surface area (Å²) in [6.45, 7) is 5.54. The Morgan fingerprint density at radius 2 is 2.21 bits per heavy atom. The number of rotatable bonds is 3. The molecule has 2 aromatic heterocycles. The van der Waals surface area contributed by atoms with Gasteiger partial charge in [-0.2, -0.15) is 5.10 Å². The monoisotopic (exact) mass is 262 g/mol. The predicted octanol–water partition coefficient (Wildman–Crippen LogP) is 0.696. The first-order chi connectivity index (χ1) is 8.90. The van der Waals surface area contributed by atoms with Gasteiger partial charge in [0.25, 0.3) is 5.91 Å². The molecule has 0 aliphatic heterocycles. The van der Waals surface area contributed by atoms with E-state index in [1.807, 2.05) is 13.8 Å². The zero-order valence-electron chi connectivity index (χ0n) is 11.6. The minimum absolute atomic E-state index is 0.215. The van der Waals surface area contributed by atoms with Crippen molar-refractivity contribution in [2.24, 2.45) is 7.05 Å². The van der Waals surface area contributed by atoms with Crippen LogP contribution < -0.4 is 5.32 Å². The van der Waals surface area contributed by atoms with Crippen LogP contribution in [-0.4, -0.2) is 38.4 Å². The normalized spacial score (nSPS) is 12.7. The van der Waals surface area contributed by atoms with Crippen LogP contribution in [0.4, 0.5) is 0 Å². The Labute approximate surface area is 111 Å². The first kappa shape index (κ1) is 13.5. The van der Waals surface area contributed by atoms with E-state index in [2.05, 4.69) is 15.4 Å². The molecule has 0 aliphatic carbocycles. The lowest BCUT2D eigenvalue weighted by Gasteiger charge is -2.09. The van der Waals surface area contributed by atoms with Gasteiger partial charge in [0.05, 0.1) is 22.7 Å². The minimum atomic E-state index is -0.572. The second-order valence-electron chi connectivity index (χ2n) is 4.78. The van der Waals surface area contributed by atoms with Gasteiger partial charge in [0.15, 0.2) is 5.65 Å². The summed E-state index contributed by atoms with van der Waals surface area (Å²) >= 11 is 0. The second-order valence-corrected chi connectivity index (χ2v) is 4.78. The quantitative estimate of drug-likeness (QED) is 0.853. The van der Waals surface area contributed by atoms with Crippen molar-refractivity contribution in [2.75, 3.05) is 6.54 Å². The second kappa shape index (κ2) is 4.97. The molecule has 2 heterocycles. The maximum Gasteiger partial charge on any atom is 0.252 e. The summed E-state index contributed by atoms with van der Waals surface area (Å²) in [6, 6.07) is 1.74. The molecule has 2 rings (SSSR count). The number of nitrogens with one attached hydrogen (secondary N) is 1. The van der Waals surface area contributed by atoms with Crippen molar-refractivity contribution in [1.82, 2.24) is 20.1 Å². The van der Waals surface area contributed by atoms with Crippen LogP contribution in [0, 0.1) is 13.8 Å². The van der Waals surface area contributed by atoms with Gasteiger partial charge in [0.2, 0.25) is 0 Å². The molecule has 0 spiro atoms. The van der Waals surface area contributed by atoms with Crippen LogP contribution in [0.25, 0.3) is 11.0 Å². The van der Waals surface area contributed by atoms with Gasteiger partial charge in [-0.3, -0.25) is 9.48 Å². The van der Waals surface area contributed by atoms with E-state index in [-0.39, 0.29) is 12.5 Å². The minimum Gasteiger partial charge on any atom is -0.392 e. The Hall–Kier alpha value is -1.95. The van der Waals surface area contributed by atoms with Crippen molar-refractivity contribution < 1.29 is 9.90 Å². The molecule has 0 radical (unpaired) electrons. The topological polar surface area (TPSA) is 80.0 Å². The molecule has 2 aromatic rings. The Bertz CT molecular complexity index is 631. The number of aryl methyl sites for hydroxylation is 3. The van der Waals surface area contributed by atoms with Gasteiger partial charge in [-0.05, 0) is 26.8 Å². The smallest absolute Gasteiger partial charge is 0.252 e. The number of aliphatic hydroxyl groups excluding tert-OH is 1. The zero-order chi connectivity index (χ0) is 14.2. The molecule has 19 heavy (non-hydrogen) atoms. The fourth-order valence-corrected chi connectivity index (χ4v) is 2.08. The molecule has 0 saturated heterocycles. The van der Waals surface area contributed by atoms with Gasteiger partial charge in [0, 0.05) is 19.3 Å². The molecule has 6 heteroatoms. The molecule has 1 atom stereocenters.